The molecular formula is C17H16ClIO2S. The summed E-state index contributed by atoms with van der Waals surface area (Å²) in [5, 5.41) is 0.999. The molecule has 116 valence electrons. The van der Waals surface area contributed by atoms with Gasteiger partial charge in [0.25, 0.3) is 0 Å². The molecule has 1 heterocycles. The molecule has 2 rings (SSSR count). The summed E-state index contributed by atoms with van der Waals surface area (Å²) in [5.41, 5.74) is 0.595. The van der Waals surface area contributed by atoms with Gasteiger partial charge in [-0.2, -0.15) is 0 Å². The van der Waals surface area contributed by atoms with E-state index in [4.69, 9.17) is 16.3 Å². The van der Waals surface area contributed by atoms with Crippen molar-refractivity contribution in [2.75, 3.05) is 11.0 Å². The van der Waals surface area contributed by atoms with Gasteiger partial charge in [-0.05, 0) is 31.6 Å². The summed E-state index contributed by atoms with van der Waals surface area (Å²) in [4.78, 5) is 13.7. The van der Waals surface area contributed by atoms with Crippen molar-refractivity contribution in [2.45, 2.75) is 13.3 Å². The van der Waals surface area contributed by atoms with Gasteiger partial charge in [-0.15, -0.1) is 11.3 Å². The van der Waals surface area contributed by atoms with E-state index < -0.39 is 0 Å². The second kappa shape index (κ2) is 8.13. The van der Waals surface area contributed by atoms with Crippen molar-refractivity contribution in [3.05, 3.63) is 56.6 Å². The molecular weight excluding hydrogens is 431 g/mol. The first kappa shape index (κ1) is 17.5. The number of hydrogen-bond acceptors (Lipinski definition) is 3. The van der Waals surface area contributed by atoms with Crippen molar-refractivity contribution in [1.29, 1.82) is 0 Å². The molecule has 0 radical (unpaired) electrons. The summed E-state index contributed by atoms with van der Waals surface area (Å²) in [6.07, 6.45) is 6.16. The van der Waals surface area contributed by atoms with Gasteiger partial charge >= 0.3 is 0 Å². The lowest BCUT2D eigenvalue weighted by Crippen LogP contribution is -2.08. The minimum Gasteiger partial charge on any atom is -0.492 e. The van der Waals surface area contributed by atoms with Gasteiger partial charge in [0, 0.05) is 14.9 Å². The van der Waals surface area contributed by atoms with E-state index in [-0.39, 0.29) is 5.43 Å². The lowest BCUT2D eigenvalue weighted by atomic mass is 10.1. The van der Waals surface area contributed by atoms with Crippen LogP contribution in [0, 0.1) is 6.92 Å². The molecule has 0 fully saturated rings. The second-order valence-corrected chi connectivity index (χ2v) is 7.35. The average molecular weight is 447 g/mol. The first-order valence-corrected chi connectivity index (χ1v) is 9.56. The lowest BCUT2D eigenvalue weighted by molar-refractivity contribution is 0.324. The fourth-order valence-corrected chi connectivity index (χ4v) is 3.78. The van der Waals surface area contributed by atoms with Crippen LogP contribution in [-0.2, 0) is 0 Å². The SMILES string of the molecule is C=C/C=C\c1c(C)sc2c(OCCCI)ccc(Cl)c2c1=O. The fraction of sp³-hybridized carbons (Fsp3) is 0.235. The van der Waals surface area contributed by atoms with Crippen molar-refractivity contribution in [3.63, 3.8) is 0 Å². The van der Waals surface area contributed by atoms with Crippen LogP contribution in [0.1, 0.15) is 16.9 Å². The molecule has 0 atom stereocenters. The molecule has 0 N–H and O–H groups in total. The highest BCUT2D eigenvalue weighted by Crippen LogP contribution is 2.35. The Morgan fingerprint density at radius 1 is 1.45 bits per heavy atom. The number of aryl methyl sites for hydroxylation is 1. The van der Waals surface area contributed by atoms with Crippen molar-refractivity contribution in [1.82, 2.24) is 0 Å². The van der Waals surface area contributed by atoms with Crippen LogP contribution in [-0.4, -0.2) is 11.0 Å². The van der Waals surface area contributed by atoms with Gasteiger partial charge < -0.3 is 4.74 Å². The number of fused-ring (bicyclic) bond motifs is 1. The minimum atomic E-state index is -0.0614. The Balaban J connectivity index is 2.64. The Labute approximate surface area is 152 Å². The zero-order valence-corrected chi connectivity index (χ0v) is 15.9. The predicted octanol–water partition coefficient (Wildman–Crippen LogP) is 5.63. The molecule has 0 aliphatic carbocycles. The molecule has 0 amide bonds. The number of allylic oxidation sites excluding steroid dienone is 2. The first-order chi connectivity index (χ1) is 10.6. The molecule has 1 aromatic heterocycles. The molecule has 2 aromatic rings. The molecule has 5 heteroatoms. The van der Waals surface area contributed by atoms with Crippen LogP contribution in [0.3, 0.4) is 0 Å². The van der Waals surface area contributed by atoms with Crippen LogP contribution in [0.25, 0.3) is 16.2 Å². The van der Waals surface area contributed by atoms with E-state index in [9.17, 15) is 4.79 Å². The van der Waals surface area contributed by atoms with Crippen molar-refractivity contribution < 1.29 is 4.74 Å². The number of ether oxygens (including phenoxy) is 1. The van der Waals surface area contributed by atoms with E-state index in [0.29, 0.717) is 22.6 Å². The smallest absolute Gasteiger partial charge is 0.197 e. The van der Waals surface area contributed by atoms with Crippen LogP contribution in [0.5, 0.6) is 5.75 Å². The highest BCUT2D eigenvalue weighted by atomic mass is 127. The van der Waals surface area contributed by atoms with Gasteiger partial charge in [-0.25, -0.2) is 0 Å². The Morgan fingerprint density at radius 2 is 2.23 bits per heavy atom. The van der Waals surface area contributed by atoms with Crippen LogP contribution < -0.4 is 10.2 Å². The maximum absolute atomic E-state index is 12.7. The third-order valence-electron chi connectivity index (χ3n) is 3.11. The largest absolute Gasteiger partial charge is 0.492 e. The summed E-state index contributed by atoms with van der Waals surface area (Å²) in [6, 6.07) is 3.57. The van der Waals surface area contributed by atoms with E-state index in [1.807, 2.05) is 13.0 Å². The van der Waals surface area contributed by atoms with E-state index >= 15 is 0 Å². The van der Waals surface area contributed by atoms with Crippen molar-refractivity contribution >= 4 is 61.7 Å². The molecule has 2 nitrogen and oxygen atoms in total. The summed E-state index contributed by atoms with van der Waals surface area (Å²) in [7, 11) is 0. The van der Waals surface area contributed by atoms with E-state index in [2.05, 4.69) is 29.2 Å². The molecule has 0 saturated heterocycles. The lowest BCUT2D eigenvalue weighted by Gasteiger charge is -2.11. The van der Waals surface area contributed by atoms with Gasteiger partial charge in [0.15, 0.2) is 5.43 Å². The third-order valence-corrected chi connectivity index (χ3v) is 5.32. The van der Waals surface area contributed by atoms with Gasteiger partial charge in [0.2, 0.25) is 0 Å². The topological polar surface area (TPSA) is 26.3 Å². The zero-order chi connectivity index (χ0) is 16.1. The summed E-state index contributed by atoms with van der Waals surface area (Å²) >= 11 is 10.1. The minimum absolute atomic E-state index is 0.0614. The van der Waals surface area contributed by atoms with Gasteiger partial charge in [0.1, 0.15) is 5.75 Å². The standard InChI is InChI=1S/C17H16ClIO2S/c1-3-4-6-12-11(2)22-17-14(21-10-5-9-19)8-7-13(18)15(17)16(12)20/h3-4,6-8H,1,5,9-10H2,2H3/b6-4-. The van der Waals surface area contributed by atoms with Crippen molar-refractivity contribution in [3.8, 4) is 5.75 Å². The van der Waals surface area contributed by atoms with Gasteiger partial charge in [-0.3, -0.25) is 4.79 Å². The highest BCUT2D eigenvalue weighted by Gasteiger charge is 2.14. The Morgan fingerprint density at radius 3 is 2.91 bits per heavy atom. The first-order valence-electron chi connectivity index (χ1n) is 6.84. The molecule has 0 unspecified atom stereocenters. The normalized spacial score (nSPS) is 11.2. The fourth-order valence-electron chi connectivity index (χ4n) is 2.06. The molecule has 22 heavy (non-hydrogen) atoms. The number of alkyl halides is 1. The van der Waals surface area contributed by atoms with E-state index in [1.165, 1.54) is 11.3 Å². The third kappa shape index (κ3) is 3.73. The maximum atomic E-state index is 12.7. The molecule has 0 saturated carbocycles. The molecule has 0 spiro atoms. The Hall–Kier alpha value is -0.850. The number of rotatable bonds is 6. The van der Waals surface area contributed by atoms with Gasteiger partial charge in [0.05, 0.1) is 21.7 Å². The van der Waals surface area contributed by atoms with E-state index in [1.54, 1.807) is 24.3 Å². The number of hydrogen-bond donors (Lipinski definition) is 0. The Kier molecular flexibility index (Phi) is 6.47. The summed E-state index contributed by atoms with van der Waals surface area (Å²) < 4.78 is 7.68. The quantitative estimate of drug-likeness (QED) is 0.249. The molecule has 1 aromatic carbocycles. The summed E-state index contributed by atoms with van der Waals surface area (Å²) in [5.74, 6) is 0.730. The highest BCUT2D eigenvalue weighted by molar-refractivity contribution is 14.1. The van der Waals surface area contributed by atoms with Crippen molar-refractivity contribution in [2.24, 2.45) is 0 Å². The molecule has 0 aliphatic heterocycles. The van der Waals surface area contributed by atoms with Crippen LogP contribution >= 0.6 is 45.5 Å². The van der Waals surface area contributed by atoms with E-state index in [0.717, 1.165) is 26.2 Å². The van der Waals surface area contributed by atoms with Crippen LogP contribution in [0.4, 0.5) is 0 Å². The molecule has 0 aliphatic rings. The van der Waals surface area contributed by atoms with Crippen LogP contribution in [0.2, 0.25) is 5.02 Å². The predicted molar refractivity (Wildman–Crippen MR) is 106 cm³/mol. The maximum Gasteiger partial charge on any atom is 0.197 e. The average Bonchev–Trinajstić information content (AvgIpc) is 2.49. The van der Waals surface area contributed by atoms with Gasteiger partial charge in [-0.1, -0.05) is 52.9 Å². The zero-order valence-electron chi connectivity index (χ0n) is 12.2. The Bertz CT molecular complexity index is 780. The number of halogens is 2. The summed E-state index contributed by atoms with van der Waals surface area (Å²) in [6.45, 7) is 6.21. The second-order valence-electron chi connectivity index (χ2n) is 4.64. The molecule has 0 bridgehead atoms. The monoisotopic (exact) mass is 446 g/mol. The number of benzene rings is 1. The van der Waals surface area contributed by atoms with Crippen LogP contribution in [0.15, 0.2) is 35.7 Å².